The number of methoxy groups -OCH3 is 2. The summed E-state index contributed by atoms with van der Waals surface area (Å²) in [5.74, 6) is -0.870. The fourth-order valence-electron chi connectivity index (χ4n) is 5.81. The van der Waals surface area contributed by atoms with Gasteiger partial charge in [0.05, 0.1) is 43.4 Å². The molecule has 3 heterocycles. The molecular weight excluding hydrogens is 537 g/mol. The quantitative estimate of drug-likeness (QED) is 0.307. The molecule has 2 aliphatic rings. The van der Waals surface area contributed by atoms with Crippen LogP contribution in [-0.2, 0) is 37.4 Å². The van der Waals surface area contributed by atoms with Crippen molar-refractivity contribution in [3.63, 3.8) is 0 Å². The van der Waals surface area contributed by atoms with Crippen LogP contribution in [0.4, 0.5) is 4.39 Å². The lowest BCUT2D eigenvalue weighted by atomic mass is 9.88. The monoisotopic (exact) mass is 573 g/mol. The van der Waals surface area contributed by atoms with E-state index in [0.717, 1.165) is 31.1 Å². The van der Waals surface area contributed by atoms with Crippen molar-refractivity contribution in [3.05, 3.63) is 87.7 Å². The molecule has 2 aromatic heterocycles. The molecule has 2 aromatic carbocycles. The zero-order chi connectivity index (χ0) is 29.2. The van der Waals surface area contributed by atoms with Gasteiger partial charge in [-0.25, -0.2) is 9.07 Å². The van der Waals surface area contributed by atoms with Gasteiger partial charge in [-0.3, -0.25) is 14.4 Å². The number of hydrogen-bond donors (Lipinski definition) is 1. The first-order valence-electron chi connectivity index (χ1n) is 14.4. The van der Waals surface area contributed by atoms with Gasteiger partial charge in [0.2, 0.25) is 0 Å². The van der Waals surface area contributed by atoms with Gasteiger partial charge in [0, 0.05) is 44.5 Å². The van der Waals surface area contributed by atoms with E-state index in [9.17, 15) is 4.79 Å². The molecule has 11 heteroatoms. The van der Waals surface area contributed by atoms with E-state index in [1.165, 1.54) is 48.2 Å². The minimum absolute atomic E-state index is 0.0773. The fraction of sp³-hybridized carbons (Fsp3) is 0.419. The summed E-state index contributed by atoms with van der Waals surface area (Å²) in [6.45, 7) is 4.55. The van der Waals surface area contributed by atoms with Crippen LogP contribution in [0, 0.1) is 12.7 Å². The smallest absolute Gasteiger partial charge is 0.255 e. The Morgan fingerprint density at radius 3 is 2.71 bits per heavy atom. The number of nitrogens with zero attached hydrogens (tertiary/aromatic N) is 6. The third-order valence-corrected chi connectivity index (χ3v) is 8.30. The first kappa shape index (κ1) is 28.0. The Balaban J connectivity index is 1.18. The Hall–Kier alpha value is -4.09. The lowest BCUT2D eigenvalue weighted by Gasteiger charge is -2.40. The number of ether oxygens (including phenoxy) is 2. The van der Waals surface area contributed by atoms with Crippen LogP contribution < -0.4 is 10.1 Å². The van der Waals surface area contributed by atoms with Gasteiger partial charge >= 0.3 is 0 Å². The number of aromatic nitrogens is 5. The number of amides is 1. The van der Waals surface area contributed by atoms with E-state index in [1.807, 2.05) is 0 Å². The van der Waals surface area contributed by atoms with Gasteiger partial charge in [-0.1, -0.05) is 29.8 Å². The maximum atomic E-state index is 15.4. The van der Waals surface area contributed by atoms with E-state index in [0.29, 0.717) is 29.2 Å². The molecule has 42 heavy (non-hydrogen) atoms. The third-order valence-electron chi connectivity index (χ3n) is 8.30. The topological polar surface area (TPSA) is 99.3 Å². The number of aryl methyl sites for hydroxylation is 1. The second-order valence-corrected chi connectivity index (χ2v) is 11.1. The van der Waals surface area contributed by atoms with Crippen LogP contribution >= 0.6 is 0 Å². The molecule has 6 rings (SSSR count). The molecule has 1 aliphatic carbocycles. The van der Waals surface area contributed by atoms with Crippen molar-refractivity contribution < 1.29 is 18.7 Å². The number of fused-ring (bicyclic) bond motifs is 1. The Morgan fingerprint density at radius 1 is 1.14 bits per heavy atom. The minimum atomic E-state index is -0.570. The summed E-state index contributed by atoms with van der Waals surface area (Å²) in [5.41, 5.74) is 6.22. The summed E-state index contributed by atoms with van der Waals surface area (Å²) in [5, 5.41) is 15.6. The normalized spacial score (nSPS) is 15.3. The molecule has 220 valence electrons. The van der Waals surface area contributed by atoms with Crippen LogP contribution in [0.5, 0.6) is 5.75 Å². The minimum Gasteiger partial charge on any atom is -0.494 e. The van der Waals surface area contributed by atoms with Crippen molar-refractivity contribution in [1.29, 1.82) is 0 Å². The van der Waals surface area contributed by atoms with E-state index >= 15 is 4.39 Å². The molecule has 0 bridgehead atoms. The van der Waals surface area contributed by atoms with Crippen molar-refractivity contribution in [3.8, 4) is 11.4 Å². The van der Waals surface area contributed by atoms with Crippen LogP contribution in [0.3, 0.4) is 0 Å². The average Bonchev–Trinajstić information content (AvgIpc) is 3.57. The van der Waals surface area contributed by atoms with Gasteiger partial charge < -0.3 is 14.8 Å². The Morgan fingerprint density at radius 2 is 2.00 bits per heavy atom. The zero-order valence-corrected chi connectivity index (χ0v) is 24.3. The molecule has 0 atom stereocenters. The van der Waals surface area contributed by atoms with Crippen molar-refractivity contribution >= 4 is 5.91 Å². The first-order valence-corrected chi connectivity index (χ1v) is 14.4. The molecule has 0 unspecified atom stereocenters. The van der Waals surface area contributed by atoms with E-state index in [2.05, 4.69) is 43.8 Å². The molecule has 1 N–H and O–H groups in total. The summed E-state index contributed by atoms with van der Waals surface area (Å²) >= 11 is 0. The van der Waals surface area contributed by atoms with Crippen molar-refractivity contribution in [2.45, 2.75) is 64.9 Å². The fourth-order valence-corrected chi connectivity index (χ4v) is 5.81. The van der Waals surface area contributed by atoms with Gasteiger partial charge in [-0.2, -0.15) is 5.10 Å². The number of halogens is 1. The summed E-state index contributed by atoms with van der Waals surface area (Å²) < 4.78 is 29.1. The highest BCUT2D eigenvalue weighted by molar-refractivity contribution is 5.95. The molecule has 1 saturated carbocycles. The van der Waals surface area contributed by atoms with Gasteiger partial charge in [0.15, 0.2) is 11.6 Å². The van der Waals surface area contributed by atoms with E-state index in [-0.39, 0.29) is 30.4 Å². The van der Waals surface area contributed by atoms with Gasteiger partial charge in [0.25, 0.3) is 5.91 Å². The first-order chi connectivity index (χ1) is 20.4. The van der Waals surface area contributed by atoms with E-state index in [4.69, 9.17) is 9.47 Å². The number of hydrogen-bond acceptors (Lipinski definition) is 7. The second-order valence-electron chi connectivity index (χ2n) is 11.1. The molecule has 1 fully saturated rings. The summed E-state index contributed by atoms with van der Waals surface area (Å²) in [6, 6.07) is 10.6. The lowest BCUT2D eigenvalue weighted by molar-refractivity contribution is 0.0945. The highest BCUT2D eigenvalue weighted by Crippen LogP contribution is 2.30. The maximum Gasteiger partial charge on any atom is 0.255 e. The molecule has 4 aromatic rings. The van der Waals surface area contributed by atoms with Crippen LogP contribution in [0.25, 0.3) is 5.69 Å². The van der Waals surface area contributed by atoms with Crippen LogP contribution in [0.1, 0.15) is 63.3 Å². The molecule has 10 nitrogen and oxygen atoms in total. The number of rotatable bonds is 10. The highest BCUT2D eigenvalue weighted by atomic mass is 19.1. The van der Waals surface area contributed by atoms with Crippen LogP contribution in [0.15, 0.2) is 42.7 Å². The van der Waals surface area contributed by atoms with Crippen LogP contribution in [0.2, 0.25) is 0 Å². The number of nitrogens with one attached hydrogen (secondary N) is 1. The number of carbonyl (C=O) groups excluding carboxylic acids is 1. The third kappa shape index (κ3) is 5.66. The summed E-state index contributed by atoms with van der Waals surface area (Å²) in [6.07, 6.45) is 8.47. The molecule has 0 radical (unpaired) electrons. The van der Waals surface area contributed by atoms with E-state index < -0.39 is 5.82 Å². The number of carbonyl (C=O) groups is 1. The zero-order valence-electron chi connectivity index (χ0n) is 24.3. The highest BCUT2D eigenvalue weighted by Gasteiger charge is 2.28. The Bertz CT molecular complexity index is 1590. The molecule has 0 saturated heterocycles. The average molecular weight is 574 g/mol. The van der Waals surface area contributed by atoms with Gasteiger partial charge in [-0.15, -0.1) is 5.10 Å². The molecule has 1 aliphatic heterocycles. The predicted octanol–water partition coefficient (Wildman–Crippen LogP) is 3.96. The standard InChI is InChI=1S/C31H36FN7O3/c1-20-15-39(36-34-20)28-9-10-29(42-3)30(32)25(28)14-33-31(40)26-18-38(35-27(26)19-41-2)16-21-7-8-23-17-37(24-5-4-6-24)12-11-22(23)13-21/h7-10,13,15,18,24H,4-6,11-12,14,16-17,19H2,1-3H3,(H,33,40). The largest absolute Gasteiger partial charge is 0.494 e. The Kier molecular flexibility index (Phi) is 8.03. The lowest BCUT2D eigenvalue weighted by Crippen LogP contribution is -2.43. The predicted molar refractivity (Wildman–Crippen MR) is 154 cm³/mol. The molecular formula is C31H36FN7O3. The van der Waals surface area contributed by atoms with Crippen molar-refractivity contribution in [1.82, 2.24) is 35.0 Å². The summed E-state index contributed by atoms with van der Waals surface area (Å²) in [4.78, 5) is 16.0. The number of benzene rings is 2. The Labute approximate surface area is 244 Å². The van der Waals surface area contributed by atoms with E-state index in [1.54, 1.807) is 37.2 Å². The van der Waals surface area contributed by atoms with Gasteiger partial charge in [-0.05, 0) is 55.0 Å². The summed E-state index contributed by atoms with van der Waals surface area (Å²) in [7, 11) is 2.97. The second kappa shape index (κ2) is 12.0. The van der Waals surface area contributed by atoms with Crippen LogP contribution in [-0.4, -0.2) is 62.4 Å². The molecule has 1 amide bonds. The maximum absolute atomic E-state index is 15.4. The van der Waals surface area contributed by atoms with Crippen molar-refractivity contribution in [2.75, 3.05) is 20.8 Å². The SMILES string of the molecule is COCc1nn(Cc2ccc3c(c2)CCN(C2CCC2)C3)cc1C(=O)NCc1c(-n2cc(C)nn2)ccc(OC)c1F. The van der Waals surface area contributed by atoms with Gasteiger partial charge in [0.1, 0.15) is 5.69 Å². The molecule has 0 spiro atoms. The van der Waals surface area contributed by atoms with Crippen molar-refractivity contribution in [2.24, 2.45) is 0 Å².